The molecule has 0 aromatic carbocycles. The smallest absolute Gasteiger partial charge is 0.0967 e. The van der Waals surface area contributed by atoms with E-state index >= 15 is 0 Å². The van der Waals surface area contributed by atoms with E-state index < -0.39 is 0 Å². The van der Waals surface area contributed by atoms with E-state index in [0.717, 1.165) is 31.7 Å². The number of rotatable bonds is 2. The van der Waals surface area contributed by atoms with Crippen LogP contribution >= 0.6 is 0 Å². The van der Waals surface area contributed by atoms with Gasteiger partial charge in [0.05, 0.1) is 17.4 Å². The molecule has 0 saturated carbocycles. The molecule has 1 aliphatic heterocycles. The van der Waals surface area contributed by atoms with Crippen LogP contribution in [0.2, 0.25) is 0 Å². The minimum atomic E-state index is 0.00661. The van der Waals surface area contributed by atoms with Gasteiger partial charge in [-0.25, -0.2) is 4.68 Å². The second-order valence-corrected chi connectivity index (χ2v) is 5.61. The third-order valence-electron chi connectivity index (χ3n) is 2.92. The van der Waals surface area contributed by atoms with E-state index in [0.29, 0.717) is 6.04 Å². The van der Waals surface area contributed by atoms with Gasteiger partial charge in [-0.1, -0.05) is 5.21 Å². The molecule has 16 heavy (non-hydrogen) atoms. The van der Waals surface area contributed by atoms with Crippen molar-refractivity contribution in [2.45, 2.75) is 45.3 Å². The molecule has 2 rings (SSSR count). The van der Waals surface area contributed by atoms with Crippen LogP contribution in [0.1, 0.15) is 32.9 Å². The van der Waals surface area contributed by atoms with Gasteiger partial charge in [-0.05, 0) is 27.2 Å². The normalized spacial score (nSPS) is 22.9. The van der Waals surface area contributed by atoms with Crippen molar-refractivity contribution in [1.82, 2.24) is 19.9 Å². The summed E-state index contributed by atoms with van der Waals surface area (Å²) in [5.41, 5.74) is 6.91. The molecule has 1 aromatic heterocycles. The van der Waals surface area contributed by atoms with Gasteiger partial charge in [0, 0.05) is 25.7 Å². The highest BCUT2D eigenvalue weighted by atomic mass is 15.4. The molecule has 5 heteroatoms. The standard InChI is InChI=1S/C11H21N5/c1-11(2,3)16-8-10(13-14-16)7-15-5-4-9(12)6-15/h8-9H,4-7,12H2,1-3H3/t9-/m1/s1. The summed E-state index contributed by atoms with van der Waals surface area (Å²) in [4.78, 5) is 2.34. The Morgan fingerprint density at radius 3 is 2.75 bits per heavy atom. The van der Waals surface area contributed by atoms with Crippen LogP contribution < -0.4 is 5.73 Å². The molecule has 1 fully saturated rings. The SMILES string of the molecule is CC(C)(C)n1cc(CN2CC[C@@H](N)C2)nn1. The van der Waals surface area contributed by atoms with Crippen molar-refractivity contribution in [3.8, 4) is 0 Å². The first kappa shape index (κ1) is 11.5. The maximum absolute atomic E-state index is 5.87. The maximum atomic E-state index is 5.87. The Hall–Kier alpha value is -0.940. The maximum Gasteiger partial charge on any atom is 0.0967 e. The largest absolute Gasteiger partial charge is 0.326 e. The molecule has 0 bridgehead atoms. The average Bonchev–Trinajstić information content (AvgIpc) is 2.74. The lowest BCUT2D eigenvalue weighted by Crippen LogP contribution is -2.26. The van der Waals surface area contributed by atoms with E-state index in [1.807, 2.05) is 10.9 Å². The monoisotopic (exact) mass is 223 g/mol. The topological polar surface area (TPSA) is 60.0 Å². The Morgan fingerprint density at radius 2 is 2.25 bits per heavy atom. The summed E-state index contributed by atoms with van der Waals surface area (Å²) < 4.78 is 1.92. The number of hydrogen-bond donors (Lipinski definition) is 1. The molecular weight excluding hydrogens is 202 g/mol. The first-order chi connectivity index (χ1) is 7.45. The summed E-state index contributed by atoms with van der Waals surface area (Å²) in [6.07, 6.45) is 3.12. The van der Waals surface area contributed by atoms with E-state index in [4.69, 9.17) is 5.73 Å². The molecule has 0 aliphatic carbocycles. The van der Waals surface area contributed by atoms with Crippen molar-refractivity contribution in [3.05, 3.63) is 11.9 Å². The molecule has 1 aliphatic rings. The molecule has 90 valence electrons. The predicted octanol–water partition coefficient (Wildman–Crippen LogP) is 0.566. The lowest BCUT2D eigenvalue weighted by molar-refractivity contribution is 0.322. The Morgan fingerprint density at radius 1 is 1.50 bits per heavy atom. The van der Waals surface area contributed by atoms with Gasteiger partial charge in [-0.2, -0.15) is 0 Å². The predicted molar refractivity (Wildman–Crippen MR) is 62.9 cm³/mol. The molecular formula is C11H21N5. The summed E-state index contributed by atoms with van der Waals surface area (Å²) >= 11 is 0. The van der Waals surface area contributed by atoms with Gasteiger partial charge in [0.15, 0.2) is 0 Å². The molecule has 1 aromatic rings. The van der Waals surface area contributed by atoms with Crippen LogP contribution in [0.25, 0.3) is 0 Å². The van der Waals surface area contributed by atoms with Crippen LogP contribution in [0.5, 0.6) is 0 Å². The fourth-order valence-electron chi connectivity index (χ4n) is 1.93. The van der Waals surface area contributed by atoms with Crippen molar-refractivity contribution in [2.75, 3.05) is 13.1 Å². The van der Waals surface area contributed by atoms with Crippen LogP contribution in [-0.2, 0) is 12.1 Å². The van der Waals surface area contributed by atoms with E-state index in [1.54, 1.807) is 0 Å². The highest BCUT2D eigenvalue weighted by Gasteiger charge is 2.21. The van der Waals surface area contributed by atoms with E-state index in [1.165, 1.54) is 0 Å². The number of aromatic nitrogens is 3. The first-order valence-electron chi connectivity index (χ1n) is 5.85. The lowest BCUT2D eigenvalue weighted by atomic mass is 10.1. The fourth-order valence-corrected chi connectivity index (χ4v) is 1.93. The highest BCUT2D eigenvalue weighted by Crippen LogP contribution is 2.14. The van der Waals surface area contributed by atoms with Gasteiger partial charge in [0.2, 0.25) is 0 Å². The number of hydrogen-bond acceptors (Lipinski definition) is 4. The van der Waals surface area contributed by atoms with Crippen LogP contribution in [0.15, 0.2) is 6.20 Å². The summed E-state index contributed by atoms with van der Waals surface area (Å²) in [6, 6.07) is 0.331. The molecule has 1 atom stereocenters. The van der Waals surface area contributed by atoms with Gasteiger partial charge in [0.1, 0.15) is 0 Å². The minimum Gasteiger partial charge on any atom is -0.326 e. The molecule has 0 spiro atoms. The molecule has 0 radical (unpaired) electrons. The third kappa shape index (κ3) is 2.59. The molecule has 2 N–H and O–H groups in total. The molecule has 2 heterocycles. The summed E-state index contributed by atoms with van der Waals surface area (Å²) in [6.45, 7) is 9.28. The fraction of sp³-hybridized carbons (Fsp3) is 0.818. The molecule has 0 unspecified atom stereocenters. The molecule has 1 saturated heterocycles. The Labute approximate surface area is 96.6 Å². The van der Waals surface area contributed by atoms with Gasteiger partial charge in [0.25, 0.3) is 0 Å². The first-order valence-corrected chi connectivity index (χ1v) is 5.85. The second-order valence-electron chi connectivity index (χ2n) is 5.61. The average molecular weight is 223 g/mol. The van der Waals surface area contributed by atoms with Crippen molar-refractivity contribution < 1.29 is 0 Å². The van der Waals surface area contributed by atoms with Crippen LogP contribution in [0.3, 0.4) is 0 Å². The van der Waals surface area contributed by atoms with Gasteiger partial charge >= 0.3 is 0 Å². The van der Waals surface area contributed by atoms with E-state index in [2.05, 4.69) is 36.0 Å². The van der Waals surface area contributed by atoms with Crippen molar-refractivity contribution >= 4 is 0 Å². The van der Waals surface area contributed by atoms with E-state index in [-0.39, 0.29) is 5.54 Å². The van der Waals surface area contributed by atoms with E-state index in [9.17, 15) is 0 Å². The quantitative estimate of drug-likeness (QED) is 0.796. The zero-order valence-electron chi connectivity index (χ0n) is 10.3. The number of nitrogens with zero attached hydrogens (tertiary/aromatic N) is 4. The summed E-state index contributed by atoms with van der Waals surface area (Å²) in [7, 11) is 0. The van der Waals surface area contributed by atoms with Crippen LogP contribution in [-0.4, -0.2) is 39.0 Å². The van der Waals surface area contributed by atoms with Gasteiger partial charge < -0.3 is 5.73 Å². The minimum absolute atomic E-state index is 0.00661. The lowest BCUT2D eigenvalue weighted by Gasteiger charge is -2.17. The zero-order valence-corrected chi connectivity index (χ0v) is 10.3. The third-order valence-corrected chi connectivity index (χ3v) is 2.92. The Balaban J connectivity index is 1.98. The van der Waals surface area contributed by atoms with Crippen molar-refractivity contribution in [2.24, 2.45) is 5.73 Å². The second kappa shape index (κ2) is 4.14. The van der Waals surface area contributed by atoms with Gasteiger partial charge in [-0.3, -0.25) is 4.90 Å². The van der Waals surface area contributed by atoms with Crippen molar-refractivity contribution in [1.29, 1.82) is 0 Å². The summed E-state index contributed by atoms with van der Waals surface area (Å²) in [5.74, 6) is 0. The zero-order chi connectivity index (χ0) is 11.8. The number of nitrogens with two attached hydrogens (primary N) is 1. The molecule has 5 nitrogen and oxygen atoms in total. The Bertz CT molecular complexity index is 352. The number of likely N-dealkylation sites (tertiary alicyclic amines) is 1. The Kier molecular flexibility index (Phi) is 2.99. The summed E-state index contributed by atoms with van der Waals surface area (Å²) in [5, 5.41) is 8.36. The van der Waals surface area contributed by atoms with Crippen LogP contribution in [0.4, 0.5) is 0 Å². The van der Waals surface area contributed by atoms with Crippen LogP contribution in [0, 0.1) is 0 Å². The van der Waals surface area contributed by atoms with Gasteiger partial charge in [-0.15, -0.1) is 5.10 Å². The van der Waals surface area contributed by atoms with Crippen molar-refractivity contribution in [3.63, 3.8) is 0 Å². The highest BCUT2D eigenvalue weighted by molar-refractivity contribution is 4.96. The molecule has 0 amide bonds.